The molecule has 0 bridgehead atoms. The van der Waals surface area contributed by atoms with Crippen LogP contribution in [0, 0.1) is 0 Å². The van der Waals surface area contributed by atoms with Crippen LogP contribution in [0.3, 0.4) is 0 Å². The second-order valence-electron chi connectivity index (χ2n) is 7.06. The first-order chi connectivity index (χ1) is 11.5. The van der Waals surface area contributed by atoms with Crippen LogP contribution in [0.25, 0.3) is 0 Å². The fourth-order valence-corrected chi connectivity index (χ4v) is 2.41. The smallest absolute Gasteiger partial charge is 0.166 e. The predicted molar refractivity (Wildman–Crippen MR) is 102 cm³/mol. The van der Waals surface area contributed by atoms with Gasteiger partial charge in [-0.2, -0.15) is 0 Å². The van der Waals surface area contributed by atoms with Crippen LogP contribution in [0.1, 0.15) is 26.3 Å². The van der Waals surface area contributed by atoms with Crippen molar-refractivity contribution >= 4 is 12.4 Å². The third-order valence-electron chi connectivity index (χ3n) is 3.75. The molecule has 1 aliphatic heterocycles. The van der Waals surface area contributed by atoms with Gasteiger partial charge in [0.1, 0.15) is 19.0 Å². The Morgan fingerprint density at radius 2 is 1.72 bits per heavy atom. The maximum atomic E-state index is 5.89. The summed E-state index contributed by atoms with van der Waals surface area (Å²) in [5.74, 6) is 2.42. The van der Waals surface area contributed by atoms with E-state index in [1.165, 1.54) is 5.56 Å². The molecule has 0 radical (unpaired) electrons. The maximum absolute atomic E-state index is 5.89. The molecule has 136 valence electrons. The van der Waals surface area contributed by atoms with Gasteiger partial charge in [-0.1, -0.05) is 24.3 Å². The highest BCUT2D eigenvalue weighted by molar-refractivity contribution is 5.85. The van der Waals surface area contributed by atoms with E-state index in [0.29, 0.717) is 13.2 Å². The normalized spacial score (nSPS) is 16.0. The van der Waals surface area contributed by atoms with Crippen molar-refractivity contribution in [1.82, 2.24) is 5.32 Å². The average Bonchev–Trinajstić information content (AvgIpc) is 2.58. The van der Waals surface area contributed by atoms with Crippen molar-refractivity contribution in [2.24, 2.45) is 0 Å². The summed E-state index contributed by atoms with van der Waals surface area (Å²) in [4.78, 5) is 0. The molecule has 3 rings (SSSR count). The van der Waals surface area contributed by atoms with Gasteiger partial charge in [0, 0.05) is 12.1 Å². The van der Waals surface area contributed by atoms with Crippen LogP contribution < -0.4 is 19.5 Å². The maximum Gasteiger partial charge on any atom is 0.166 e. The molecule has 2 aromatic rings. The van der Waals surface area contributed by atoms with E-state index >= 15 is 0 Å². The first-order valence-electron chi connectivity index (χ1n) is 8.35. The highest BCUT2D eigenvalue weighted by atomic mass is 35.5. The van der Waals surface area contributed by atoms with E-state index in [1.807, 2.05) is 36.4 Å². The van der Waals surface area contributed by atoms with Gasteiger partial charge in [-0.25, -0.2) is 0 Å². The molecule has 0 aromatic heterocycles. The van der Waals surface area contributed by atoms with E-state index in [4.69, 9.17) is 14.2 Å². The molecule has 25 heavy (non-hydrogen) atoms. The van der Waals surface area contributed by atoms with Gasteiger partial charge >= 0.3 is 0 Å². The molecule has 4 nitrogen and oxygen atoms in total. The zero-order valence-corrected chi connectivity index (χ0v) is 15.8. The number of benzene rings is 2. The highest BCUT2D eigenvalue weighted by Gasteiger charge is 2.21. The third kappa shape index (κ3) is 5.83. The average molecular weight is 364 g/mol. The molecule has 0 aliphatic carbocycles. The molecule has 1 aliphatic rings. The standard InChI is InChI=1S/C20H25NO3.ClH/c1-20(2,3)21-12-15-8-10-16(11-9-15)22-13-17-14-23-18-6-4-5-7-19(18)24-17;/h4-11,17,21H,12-14H2,1-3H3;1H. The van der Waals surface area contributed by atoms with Gasteiger partial charge in [-0.15, -0.1) is 12.4 Å². The first kappa shape index (κ1) is 19.4. The number of fused-ring (bicyclic) bond motifs is 1. The third-order valence-corrected chi connectivity index (χ3v) is 3.75. The van der Waals surface area contributed by atoms with Crippen LogP contribution in [-0.2, 0) is 6.54 Å². The Morgan fingerprint density at radius 1 is 1.04 bits per heavy atom. The largest absolute Gasteiger partial charge is 0.490 e. The predicted octanol–water partition coefficient (Wildman–Crippen LogP) is 4.22. The Balaban J connectivity index is 0.00000225. The fourth-order valence-electron chi connectivity index (χ4n) is 2.41. The summed E-state index contributed by atoms with van der Waals surface area (Å²) in [6.07, 6.45) is -0.0952. The summed E-state index contributed by atoms with van der Waals surface area (Å²) in [5.41, 5.74) is 1.35. The summed E-state index contributed by atoms with van der Waals surface area (Å²) in [5, 5.41) is 3.47. The van der Waals surface area contributed by atoms with Crippen molar-refractivity contribution in [2.75, 3.05) is 13.2 Å². The number of nitrogens with one attached hydrogen (secondary N) is 1. The number of hydrogen-bond donors (Lipinski definition) is 1. The number of halogens is 1. The molecule has 0 amide bonds. The summed E-state index contributed by atoms with van der Waals surface area (Å²) < 4.78 is 17.4. The number of ether oxygens (including phenoxy) is 3. The Labute approximate surface area is 155 Å². The highest BCUT2D eigenvalue weighted by Crippen LogP contribution is 2.31. The second kappa shape index (κ2) is 8.45. The molecular formula is C20H26ClNO3. The van der Waals surface area contributed by atoms with Gasteiger partial charge < -0.3 is 19.5 Å². The van der Waals surface area contributed by atoms with Crippen molar-refractivity contribution in [2.45, 2.75) is 39.0 Å². The van der Waals surface area contributed by atoms with E-state index in [0.717, 1.165) is 23.8 Å². The Kier molecular flexibility index (Phi) is 6.57. The van der Waals surface area contributed by atoms with Gasteiger partial charge in [0.15, 0.2) is 17.6 Å². The van der Waals surface area contributed by atoms with E-state index in [2.05, 4.69) is 38.2 Å². The van der Waals surface area contributed by atoms with Gasteiger partial charge in [0.05, 0.1) is 0 Å². The quantitative estimate of drug-likeness (QED) is 0.863. The van der Waals surface area contributed by atoms with Gasteiger partial charge in [-0.3, -0.25) is 0 Å². The zero-order valence-electron chi connectivity index (χ0n) is 15.0. The minimum absolute atomic E-state index is 0. The molecule has 1 unspecified atom stereocenters. The fraction of sp³-hybridized carbons (Fsp3) is 0.400. The van der Waals surface area contributed by atoms with E-state index in [1.54, 1.807) is 0 Å². The molecule has 5 heteroatoms. The summed E-state index contributed by atoms with van der Waals surface area (Å²) >= 11 is 0. The molecular weight excluding hydrogens is 338 g/mol. The van der Waals surface area contributed by atoms with Crippen LogP contribution in [0.5, 0.6) is 17.2 Å². The monoisotopic (exact) mass is 363 g/mol. The first-order valence-corrected chi connectivity index (χ1v) is 8.35. The zero-order chi connectivity index (χ0) is 17.0. The molecule has 0 saturated carbocycles. The lowest BCUT2D eigenvalue weighted by Crippen LogP contribution is -2.35. The summed E-state index contributed by atoms with van der Waals surface area (Å²) in [6.45, 7) is 8.30. The number of para-hydroxylation sites is 2. The molecule has 2 aromatic carbocycles. The van der Waals surface area contributed by atoms with Gasteiger partial charge in [-0.05, 0) is 50.6 Å². The van der Waals surface area contributed by atoms with E-state index in [9.17, 15) is 0 Å². The summed E-state index contributed by atoms with van der Waals surface area (Å²) in [6, 6.07) is 15.9. The van der Waals surface area contributed by atoms with Gasteiger partial charge in [0.25, 0.3) is 0 Å². The van der Waals surface area contributed by atoms with Crippen LogP contribution in [-0.4, -0.2) is 24.9 Å². The van der Waals surface area contributed by atoms with Crippen LogP contribution in [0.2, 0.25) is 0 Å². The van der Waals surface area contributed by atoms with Crippen molar-refractivity contribution in [3.63, 3.8) is 0 Å². The second-order valence-corrected chi connectivity index (χ2v) is 7.06. The lowest BCUT2D eigenvalue weighted by Gasteiger charge is -2.26. The Morgan fingerprint density at radius 3 is 2.40 bits per heavy atom. The lowest BCUT2D eigenvalue weighted by atomic mass is 10.1. The van der Waals surface area contributed by atoms with Crippen LogP contribution in [0.15, 0.2) is 48.5 Å². The van der Waals surface area contributed by atoms with E-state index < -0.39 is 0 Å². The molecule has 1 heterocycles. The topological polar surface area (TPSA) is 39.7 Å². The Bertz CT molecular complexity index is 667. The molecule has 0 spiro atoms. The van der Waals surface area contributed by atoms with Gasteiger partial charge in [0.2, 0.25) is 0 Å². The SMILES string of the molecule is CC(C)(C)NCc1ccc(OCC2COc3ccccc3O2)cc1.Cl. The molecule has 1 N–H and O–H groups in total. The van der Waals surface area contributed by atoms with E-state index in [-0.39, 0.29) is 24.0 Å². The molecule has 0 fully saturated rings. The molecule has 1 atom stereocenters. The number of hydrogen-bond acceptors (Lipinski definition) is 4. The minimum atomic E-state index is -0.0952. The Hall–Kier alpha value is -1.91. The van der Waals surface area contributed by atoms with Crippen molar-refractivity contribution < 1.29 is 14.2 Å². The number of rotatable bonds is 5. The molecule has 0 saturated heterocycles. The lowest BCUT2D eigenvalue weighted by molar-refractivity contribution is 0.0535. The van der Waals surface area contributed by atoms with Crippen molar-refractivity contribution in [3.05, 3.63) is 54.1 Å². The van der Waals surface area contributed by atoms with Crippen LogP contribution >= 0.6 is 12.4 Å². The van der Waals surface area contributed by atoms with Crippen molar-refractivity contribution in [1.29, 1.82) is 0 Å². The van der Waals surface area contributed by atoms with Crippen LogP contribution in [0.4, 0.5) is 0 Å². The van der Waals surface area contributed by atoms with Crippen molar-refractivity contribution in [3.8, 4) is 17.2 Å². The summed E-state index contributed by atoms with van der Waals surface area (Å²) in [7, 11) is 0. The minimum Gasteiger partial charge on any atom is -0.490 e.